The van der Waals surface area contributed by atoms with Crippen LogP contribution < -0.4 is 5.73 Å². The fourth-order valence-electron chi connectivity index (χ4n) is 4.98. The minimum Gasteiger partial charge on any atom is -0.475 e. The molecule has 2 fully saturated rings. The van der Waals surface area contributed by atoms with E-state index in [-0.39, 0.29) is 35.6 Å². The Hall–Kier alpha value is -3.72. The van der Waals surface area contributed by atoms with E-state index in [1.54, 1.807) is 18.2 Å². The summed E-state index contributed by atoms with van der Waals surface area (Å²) in [4.78, 5) is 35.6. The highest BCUT2D eigenvalue weighted by Gasteiger charge is 2.56. The van der Waals surface area contributed by atoms with E-state index in [0.717, 1.165) is 15.7 Å². The first-order valence-corrected chi connectivity index (χ1v) is 13.7. The highest BCUT2D eigenvalue weighted by atomic mass is 32.2. The molecule has 0 unspecified atom stereocenters. The Morgan fingerprint density at radius 3 is 2.33 bits per heavy atom. The van der Waals surface area contributed by atoms with Crippen LogP contribution in [0.5, 0.6) is 0 Å². The van der Waals surface area contributed by atoms with Gasteiger partial charge in [0.05, 0.1) is 23.9 Å². The van der Waals surface area contributed by atoms with Crippen molar-refractivity contribution in [2.45, 2.75) is 42.8 Å². The minimum atomic E-state index is -5.08. The molecule has 15 heteroatoms. The number of imide groups is 1. The number of nitrogens with zero attached hydrogens (tertiary/aromatic N) is 2. The van der Waals surface area contributed by atoms with E-state index in [9.17, 15) is 31.2 Å². The number of sulfonamides is 1. The molecule has 0 aromatic heterocycles. The number of carboxylic acid groups (broad SMARTS) is 1. The van der Waals surface area contributed by atoms with Crippen molar-refractivity contribution in [1.29, 1.82) is 5.41 Å². The number of benzene rings is 2. The first-order chi connectivity index (χ1) is 18.7. The van der Waals surface area contributed by atoms with Crippen LogP contribution in [0.15, 0.2) is 47.4 Å². The molecule has 2 aromatic rings. The first-order valence-electron chi connectivity index (χ1n) is 12.2. The largest absolute Gasteiger partial charge is 0.490 e. The summed E-state index contributed by atoms with van der Waals surface area (Å²) in [6.07, 6.45) is -3.58. The first kappa shape index (κ1) is 30.8. The number of nitrogens with one attached hydrogen (secondary N) is 1. The number of carboxylic acids is 1. The third-order valence-corrected chi connectivity index (χ3v) is 8.71. The van der Waals surface area contributed by atoms with E-state index < -0.39 is 40.2 Å². The molecule has 11 nitrogen and oxygen atoms in total. The van der Waals surface area contributed by atoms with Gasteiger partial charge in [0, 0.05) is 31.3 Å². The molecule has 0 bridgehead atoms. The summed E-state index contributed by atoms with van der Waals surface area (Å²) in [7, 11) is -2.60. The van der Waals surface area contributed by atoms with Crippen molar-refractivity contribution in [3.63, 3.8) is 0 Å². The average molecular weight is 587 g/mol. The van der Waals surface area contributed by atoms with E-state index in [0.29, 0.717) is 25.7 Å². The summed E-state index contributed by atoms with van der Waals surface area (Å²) < 4.78 is 64.8. The number of alkyl halides is 3. The van der Waals surface area contributed by atoms with Gasteiger partial charge in [0.1, 0.15) is 0 Å². The predicted molar refractivity (Wildman–Crippen MR) is 137 cm³/mol. The zero-order valence-electron chi connectivity index (χ0n) is 21.4. The third-order valence-electron chi connectivity index (χ3n) is 6.89. The van der Waals surface area contributed by atoms with Crippen LogP contribution in [0, 0.1) is 17.2 Å². The maximum atomic E-state index is 13.4. The van der Waals surface area contributed by atoms with Crippen molar-refractivity contribution < 1.29 is 45.8 Å². The van der Waals surface area contributed by atoms with E-state index in [1.165, 1.54) is 11.4 Å². The number of fused-ring (bicyclic) bond motifs is 2. The van der Waals surface area contributed by atoms with E-state index in [4.69, 9.17) is 25.8 Å². The molecule has 0 saturated carbocycles. The highest BCUT2D eigenvalue weighted by Crippen LogP contribution is 2.41. The Labute approximate surface area is 228 Å². The maximum Gasteiger partial charge on any atom is 0.490 e. The number of halogens is 3. The van der Waals surface area contributed by atoms with Crippen LogP contribution in [0.25, 0.3) is 10.8 Å². The molecule has 0 radical (unpaired) electrons. The summed E-state index contributed by atoms with van der Waals surface area (Å²) in [5.41, 5.74) is 5.41. The van der Waals surface area contributed by atoms with E-state index in [2.05, 4.69) is 0 Å². The Balaban J connectivity index is 0.000000559. The number of hydrogen-bond donors (Lipinski definition) is 3. The second kappa shape index (κ2) is 12.2. The molecule has 2 aliphatic heterocycles. The summed E-state index contributed by atoms with van der Waals surface area (Å²) in [6.45, 7) is 0.209. The van der Waals surface area contributed by atoms with Gasteiger partial charge in [0.15, 0.2) is 0 Å². The van der Waals surface area contributed by atoms with Gasteiger partial charge in [-0.1, -0.05) is 36.8 Å². The molecule has 2 heterocycles. The minimum absolute atomic E-state index is 0.0462. The molecule has 0 aliphatic carbocycles. The Kier molecular flexibility index (Phi) is 9.40. The lowest BCUT2D eigenvalue weighted by Crippen LogP contribution is -2.43. The van der Waals surface area contributed by atoms with Gasteiger partial charge in [-0.25, -0.2) is 22.9 Å². The van der Waals surface area contributed by atoms with Crippen LogP contribution >= 0.6 is 0 Å². The summed E-state index contributed by atoms with van der Waals surface area (Å²) in [6, 6.07) is 12.0. The van der Waals surface area contributed by atoms with E-state index in [1.807, 2.05) is 24.3 Å². The number of rotatable bonds is 7. The van der Waals surface area contributed by atoms with Gasteiger partial charge < -0.3 is 15.6 Å². The quantitative estimate of drug-likeness (QED) is 0.252. The van der Waals surface area contributed by atoms with E-state index >= 15 is 0 Å². The molecule has 2 saturated heterocycles. The lowest BCUT2D eigenvalue weighted by Gasteiger charge is -2.23. The van der Waals surface area contributed by atoms with Gasteiger partial charge in [-0.05, 0) is 35.7 Å². The molecule has 218 valence electrons. The van der Waals surface area contributed by atoms with Gasteiger partial charge in [0.2, 0.25) is 15.9 Å². The van der Waals surface area contributed by atoms with Crippen molar-refractivity contribution >= 4 is 44.6 Å². The lowest BCUT2D eigenvalue weighted by atomic mass is 9.88. The fourth-order valence-corrected chi connectivity index (χ4v) is 6.51. The van der Waals surface area contributed by atoms with Gasteiger partial charge >= 0.3 is 18.2 Å². The van der Waals surface area contributed by atoms with Gasteiger partial charge in [0.25, 0.3) is 0 Å². The Morgan fingerprint density at radius 2 is 1.75 bits per heavy atom. The summed E-state index contributed by atoms with van der Waals surface area (Å²) in [5, 5.41) is 16.2. The van der Waals surface area contributed by atoms with Crippen LogP contribution in [0.1, 0.15) is 25.7 Å². The van der Waals surface area contributed by atoms with Crippen molar-refractivity contribution in [1.82, 2.24) is 9.21 Å². The number of aliphatic carboxylic acids is 1. The standard InChI is InChI=1S/C23H28N4O5S.C2HF3O2/c1-32-23(29)27-20-14-26(13-19(20)18(22(27)28)8-4-5-9-21(24)25)33(30,31)17-11-10-15-6-2-3-7-16(15)12-17;3-2(4,5)1(6)7/h2-3,6-7,10-12,18-20H,4-5,8-9,13-14H2,1H3,(H3,24,25);(H,6,7)/t18-,19+,20-;/m1./s1. The van der Waals surface area contributed by atoms with Gasteiger partial charge in [-0.3, -0.25) is 10.2 Å². The molecule has 0 spiro atoms. The lowest BCUT2D eigenvalue weighted by molar-refractivity contribution is -0.192. The molecule has 2 aromatic carbocycles. The maximum absolute atomic E-state index is 13.4. The molecular formula is C25H29F3N4O7S. The normalized spacial score (nSPS) is 21.1. The molecular weight excluding hydrogens is 557 g/mol. The zero-order chi connectivity index (χ0) is 29.8. The molecule has 40 heavy (non-hydrogen) atoms. The summed E-state index contributed by atoms with van der Waals surface area (Å²) >= 11 is 0. The molecule has 2 aliphatic rings. The van der Waals surface area contributed by atoms with Gasteiger partial charge in [-0.2, -0.15) is 17.5 Å². The average Bonchev–Trinajstić information content (AvgIpc) is 3.43. The Bertz CT molecular complexity index is 1400. The van der Waals surface area contributed by atoms with Crippen molar-refractivity contribution in [2.24, 2.45) is 17.6 Å². The number of carbonyl (C=O) groups is 3. The molecule has 3 atom stereocenters. The van der Waals surface area contributed by atoms with Gasteiger partial charge in [-0.15, -0.1) is 0 Å². The predicted octanol–water partition coefficient (Wildman–Crippen LogP) is 3.18. The van der Waals surface area contributed by atoms with Crippen LogP contribution in [-0.2, 0) is 24.3 Å². The monoisotopic (exact) mass is 586 g/mol. The second-order valence-corrected chi connectivity index (χ2v) is 11.4. The van der Waals surface area contributed by atoms with Crippen LogP contribution in [0.4, 0.5) is 18.0 Å². The van der Waals surface area contributed by atoms with Crippen molar-refractivity contribution in [3.8, 4) is 0 Å². The van der Waals surface area contributed by atoms with Crippen LogP contribution in [0.3, 0.4) is 0 Å². The number of likely N-dealkylation sites (tertiary alicyclic amines) is 1. The number of ether oxygens (including phenoxy) is 1. The zero-order valence-corrected chi connectivity index (χ0v) is 22.2. The topological polar surface area (TPSA) is 171 Å². The number of amides is 2. The van der Waals surface area contributed by atoms with Crippen LogP contribution in [0.2, 0.25) is 0 Å². The number of nitrogens with two attached hydrogens (primary N) is 1. The number of amidine groups is 1. The molecule has 4 rings (SSSR count). The highest BCUT2D eigenvalue weighted by molar-refractivity contribution is 7.89. The van der Waals surface area contributed by atoms with Crippen molar-refractivity contribution in [2.75, 3.05) is 20.2 Å². The molecule has 4 N–H and O–H groups in total. The number of unbranched alkanes of at least 4 members (excludes halogenated alkanes) is 1. The number of hydrogen-bond acceptors (Lipinski definition) is 7. The van der Waals surface area contributed by atoms with Crippen molar-refractivity contribution in [3.05, 3.63) is 42.5 Å². The van der Waals surface area contributed by atoms with Crippen LogP contribution in [-0.4, -0.2) is 79.0 Å². The number of methoxy groups -OCH3 is 1. The fraction of sp³-hybridized carbons (Fsp3) is 0.440. The SMILES string of the molecule is COC(=O)N1C(=O)[C@H](CCCCC(=N)N)[C@@H]2CN(S(=O)(=O)c3ccc4ccccc4c3)C[C@H]21.O=C(O)C(F)(F)F. The Morgan fingerprint density at radius 1 is 1.12 bits per heavy atom. The summed E-state index contributed by atoms with van der Waals surface area (Å²) in [5.74, 6) is -3.76. The number of carbonyl (C=O) groups excluding carboxylic acids is 2. The smallest absolute Gasteiger partial charge is 0.475 e. The second-order valence-electron chi connectivity index (χ2n) is 9.42. The third kappa shape index (κ3) is 6.70. The molecule has 2 amide bonds.